The Morgan fingerprint density at radius 2 is 2.22 bits per heavy atom. The molecule has 102 valence electrons. The van der Waals surface area contributed by atoms with Crippen molar-refractivity contribution in [2.24, 2.45) is 0 Å². The summed E-state index contributed by atoms with van der Waals surface area (Å²) in [6.45, 7) is 5.06. The molecule has 1 unspecified atom stereocenters. The van der Waals surface area contributed by atoms with Crippen LogP contribution in [0.15, 0.2) is 18.2 Å². The molecule has 1 aromatic rings. The summed E-state index contributed by atoms with van der Waals surface area (Å²) in [5, 5.41) is 3.34. The van der Waals surface area contributed by atoms with Crippen LogP contribution in [-0.4, -0.2) is 25.2 Å². The third kappa shape index (κ3) is 4.86. The van der Waals surface area contributed by atoms with Crippen LogP contribution in [0.3, 0.4) is 0 Å². The number of thioether (sulfide) groups is 1. The summed E-state index contributed by atoms with van der Waals surface area (Å²) in [5.74, 6) is 2.66. The molecular weight excluding hydrogens is 249 g/mol. The lowest BCUT2D eigenvalue weighted by Crippen LogP contribution is -2.21. The van der Waals surface area contributed by atoms with Crippen molar-refractivity contribution in [2.45, 2.75) is 26.3 Å². The first kappa shape index (κ1) is 15.3. The summed E-state index contributed by atoms with van der Waals surface area (Å²) in [6.07, 6.45) is 1.11. The van der Waals surface area contributed by atoms with Gasteiger partial charge in [-0.1, -0.05) is 13.0 Å². The minimum Gasteiger partial charge on any atom is -0.497 e. The van der Waals surface area contributed by atoms with Crippen molar-refractivity contribution in [2.75, 3.05) is 25.2 Å². The maximum absolute atomic E-state index is 13.8. The van der Waals surface area contributed by atoms with Crippen LogP contribution < -0.4 is 10.1 Å². The smallest absolute Gasteiger partial charge is 0.131 e. The van der Waals surface area contributed by atoms with Crippen molar-refractivity contribution in [3.63, 3.8) is 0 Å². The Hall–Kier alpha value is -0.740. The molecule has 1 aromatic carbocycles. The summed E-state index contributed by atoms with van der Waals surface area (Å²) in [6, 6.07) is 5.04. The number of benzene rings is 1. The summed E-state index contributed by atoms with van der Waals surface area (Å²) in [7, 11) is 1.54. The Morgan fingerprint density at radius 1 is 1.44 bits per heavy atom. The fourth-order valence-electron chi connectivity index (χ4n) is 1.73. The molecule has 0 spiro atoms. The van der Waals surface area contributed by atoms with Gasteiger partial charge in [0.05, 0.1) is 7.11 Å². The number of nitrogens with one attached hydrogen (secondary N) is 1. The third-order valence-electron chi connectivity index (χ3n) is 2.79. The SMILES string of the molecule is CCSCCCNC(C)c1ccc(OC)cc1F. The van der Waals surface area contributed by atoms with Crippen LogP contribution in [0.2, 0.25) is 0 Å². The van der Waals surface area contributed by atoms with E-state index in [9.17, 15) is 4.39 Å². The van der Waals surface area contributed by atoms with Gasteiger partial charge in [-0.15, -0.1) is 0 Å². The fourth-order valence-corrected chi connectivity index (χ4v) is 2.37. The van der Waals surface area contributed by atoms with Gasteiger partial charge in [0, 0.05) is 17.7 Å². The van der Waals surface area contributed by atoms with E-state index in [1.165, 1.54) is 6.07 Å². The molecule has 0 fully saturated rings. The van der Waals surface area contributed by atoms with Gasteiger partial charge in [-0.05, 0) is 37.5 Å². The maximum Gasteiger partial charge on any atom is 0.131 e. The summed E-state index contributed by atoms with van der Waals surface area (Å²) >= 11 is 1.93. The number of ether oxygens (including phenoxy) is 1. The molecule has 0 amide bonds. The second-order valence-corrected chi connectivity index (χ2v) is 5.51. The zero-order chi connectivity index (χ0) is 13.4. The van der Waals surface area contributed by atoms with E-state index in [4.69, 9.17) is 4.74 Å². The molecule has 18 heavy (non-hydrogen) atoms. The van der Waals surface area contributed by atoms with Gasteiger partial charge in [0.15, 0.2) is 0 Å². The van der Waals surface area contributed by atoms with E-state index in [2.05, 4.69) is 12.2 Å². The van der Waals surface area contributed by atoms with Crippen molar-refractivity contribution >= 4 is 11.8 Å². The van der Waals surface area contributed by atoms with Gasteiger partial charge in [-0.25, -0.2) is 4.39 Å². The highest BCUT2D eigenvalue weighted by atomic mass is 32.2. The first-order chi connectivity index (χ1) is 8.69. The minimum absolute atomic E-state index is 0.0301. The molecule has 1 atom stereocenters. The van der Waals surface area contributed by atoms with Crippen molar-refractivity contribution in [1.82, 2.24) is 5.32 Å². The second-order valence-electron chi connectivity index (χ2n) is 4.11. The molecule has 0 radical (unpaired) electrons. The molecule has 0 aromatic heterocycles. The van der Waals surface area contributed by atoms with Crippen molar-refractivity contribution in [3.8, 4) is 5.75 Å². The van der Waals surface area contributed by atoms with Gasteiger partial charge < -0.3 is 10.1 Å². The van der Waals surface area contributed by atoms with Crippen molar-refractivity contribution in [1.29, 1.82) is 0 Å². The van der Waals surface area contributed by atoms with Crippen molar-refractivity contribution in [3.05, 3.63) is 29.6 Å². The zero-order valence-corrected chi connectivity index (χ0v) is 12.1. The highest BCUT2D eigenvalue weighted by Crippen LogP contribution is 2.21. The predicted molar refractivity (Wildman–Crippen MR) is 77.0 cm³/mol. The number of halogens is 1. The van der Waals surface area contributed by atoms with Crippen LogP contribution in [0.25, 0.3) is 0 Å². The lowest BCUT2D eigenvalue weighted by molar-refractivity contribution is 0.409. The summed E-state index contributed by atoms with van der Waals surface area (Å²) in [4.78, 5) is 0. The van der Waals surface area contributed by atoms with Gasteiger partial charge in [-0.3, -0.25) is 0 Å². The molecule has 4 heteroatoms. The molecule has 0 bridgehead atoms. The highest BCUT2D eigenvalue weighted by molar-refractivity contribution is 7.99. The average Bonchev–Trinajstić information content (AvgIpc) is 2.38. The van der Waals surface area contributed by atoms with E-state index in [0.717, 1.165) is 24.5 Å². The Kier molecular flexibility index (Phi) is 7.13. The maximum atomic E-state index is 13.8. The molecule has 0 aliphatic rings. The zero-order valence-electron chi connectivity index (χ0n) is 11.3. The van der Waals surface area contributed by atoms with Crippen LogP contribution in [0.5, 0.6) is 5.75 Å². The molecule has 0 aliphatic heterocycles. The molecule has 1 rings (SSSR count). The van der Waals surface area contributed by atoms with Gasteiger partial charge in [-0.2, -0.15) is 11.8 Å². The molecule has 0 aliphatic carbocycles. The van der Waals surface area contributed by atoms with Crippen LogP contribution in [0.4, 0.5) is 4.39 Å². The molecule has 0 heterocycles. The Balaban J connectivity index is 2.43. The highest BCUT2D eigenvalue weighted by Gasteiger charge is 2.10. The van der Waals surface area contributed by atoms with Gasteiger partial charge in [0.25, 0.3) is 0 Å². The Labute approximate surface area is 113 Å². The molecule has 1 N–H and O–H groups in total. The molecular formula is C14H22FNOS. The van der Waals surface area contributed by atoms with Crippen LogP contribution in [0.1, 0.15) is 31.9 Å². The van der Waals surface area contributed by atoms with Crippen molar-refractivity contribution < 1.29 is 9.13 Å². The lowest BCUT2D eigenvalue weighted by atomic mass is 10.1. The van der Waals surface area contributed by atoms with E-state index >= 15 is 0 Å². The normalized spacial score (nSPS) is 12.4. The number of rotatable bonds is 8. The minimum atomic E-state index is -0.211. The number of hydrogen-bond acceptors (Lipinski definition) is 3. The largest absolute Gasteiger partial charge is 0.497 e. The van der Waals surface area contributed by atoms with Crippen LogP contribution >= 0.6 is 11.8 Å². The Morgan fingerprint density at radius 3 is 2.83 bits per heavy atom. The van der Waals surface area contributed by atoms with Gasteiger partial charge in [0.1, 0.15) is 11.6 Å². The van der Waals surface area contributed by atoms with E-state index in [1.54, 1.807) is 19.2 Å². The lowest BCUT2D eigenvalue weighted by Gasteiger charge is -2.15. The monoisotopic (exact) mass is 271 g/mol. The second kappa shape index (κ2) is 8.38. The van der Waals surface area contributed by atoms with E-state index in [0.29, 0.717) is 11.3 Å². The van der Waals surface area contributed by atoms with Crippen LogP contribution in [0, 0.1) is 5.82 Å². The van der Waals surface area contributed by atoms with E-state index in [-0.39, 0.29) is 11.9 Å². The summed E-state index contributed by atoms with van der Waals surface area (Å²) < 4.78 is 18.8. The fraction of sp³-hybridized carbons (Fsp3) is 0.571. The predicted octanol–water partition coefficient (Wildman–Crippen LogP) is 3.63. The molecule has 0 saturated heterocycles. The standard InChI is InChI=1S/C14H22FNOS/c1-4-18-9-5-8-16-11(2)13-7-6-12(17-3)10-14(13)15/h6-7,10-11,16H,4-5,8-9H2,1-3H3. The average molecular weight is 271 g/mol. The van der Waals surface area contributed by atoms with Gasteiger partial charge >= 0.3 is 0 Å². The molecule has 0 saturated carbocycles. The first-order valence-electron chi connectivity index (χ1n) is 6.33. The third-order valence-corrected chi connectivity index (χ3v) is 3.78. The Bertz CT molecular complexity index is 360. The van der Waals surface area contributed by atoms with Crippen LogP contribution in [-0.2, 0) is 0 Å². The number of hydrogen-bond donors (Lipinski definition) is 1. The quantitative estimate of drug-likeness (QED) is 0.730. The van der Waals surface area contributed by atoms with Gasteiger partial charge in [0.2, 0.25) is 0 Å². The van der Waals surface area contributed by atoms with E-state index < -0.39 is 0 Å². The molecule has 2 nitrogen and oxygen atoms in total. The first-order valence-corrected chi connectivity index (χ1v) is 7.49. The summed E-state index contributed by atoms with van der Waals surface area (Å²) in [5.41, 5.74) is 0.693. The topological polar surface area (TPSA) is 21.3 Å². The number of methoxy groups -OCH3 is 1. The van der Waals surface area contributed by atoms with E-state index in [1.807, 2.05) is 18.7 Å².